The number of hydrogen-bond acceptors (Lipinski definition) is 5. The zero-order chi connectivity index (χ0) is 20.3. The Morgan fingerprint density at radius 2 is 2.14 bits per heavy atom. The predicted molar refractivity (Wildman–Crippen MR) is 117 cm³/mol. The molecule has 0 radical (unpaired) electrons. The van der Waals surface area contributed by atoms with E-state index in [0.29, 0.717) is 10.7 Å². The van der Waals surface area contributed by atoms with Crippen molar-refractivity contribution in [1.29, 1.82) is 0 Å². The summed E-state index contributed by atoms with van der Waals surface area (Å²) in [4.78, 5) is 13.7. The number of methoxy groups -OCH3 is 1. The molecule has 0 amide bonds. The number of nitrogens with one attached hydrogen (secondary N) is 2. The second-order valence-electron chi connectivity index (χ2n) is 7.08. The molecule has 28 heavy (non-hydrogen) atoms. The van der Waals surface area contributed by atoms with Crippen molar-refractivity contribution in [2.75, 3.05) is 12.4 Å². The van der Waals surface area contributed by atoms with E-state index in [1.54, 1.807) is 11.3 Å². The lowest BCUT2D eigenvalue weighted by atomic mass is 10.1. The van der Waals surface area contributed by atoms with Crippen LogP contribution >= 0.6 is 23.6 Å². The van der Waals surface area contributed by atoms with Crippen LogP contribution in [0.4, 0.5) is 5.00 Å². The third-order valence-electron chi connectivity index (χ3n) is 5.29. The molecule has 8 heteroatoms. The van der Waals surface area contributed by atoms with E-state index in [2.05, 4.69) is 36.5 Å². The third kappa shape index (κ3) is 4.22. The van der Waals surface area contributed by atoms with E-state index in [1.165, 1.54) is 18.4 Å². The monoisotopic (exact) mass is 420 g/mol. The fourth-order valence-electron chi connectivity index (χ4n) is 3.77. The zero-order valence-electron chi connectivity index (χ0n) is 16.9. The molecule has 0 bridgehead atoms. The molecule has 0 aliphatic heterocycles. The van der Waals surface area contributed by atoms with Gasteiger partial charge in [-0.05, 0) is 64.2 Å². The average molecular weight is 421 g/mol. The first-order chi connectivity index (χ1) is 13.5. The van der Waals surface area contributed by atoms with Gasteiger partial charge in [0.1, 0.15) is 5.00 Å². The Hall–Kier alpha value is -1.93. The van der Waals surface area contributed by atoms with Gasteiger partial charge in [0.05, 0.1) is 24.9 Å². The van der Waals surface area contributed by atoms with Crippen molar-refractivity contribution in [1.82, 2.24) is 15.1 Å². The number of thiophene rings is 1. The highest BCUT2D eigenvalue weighted by atomic mass is 32.1. The van der Waals surface area contributed by atoms with E-state index in [9.17, 15) is 4.79 Å². The molecule has 1 aliphatic carbocycles. The highest BCUT2D eigenvalue weighted by Crippen LogP contribution is 2.38. The maximum Gasteiger partial charge on any atom is 0.341 e. The smallest absolute Gasteiger partial charge is 0.341 e. The zero-order valence-corrected chi connectivity index (χ0v) is 18.6. The minimum atomic E-state index is -0.294. The molecule has 0 saturated carbocycles. The standard InChI is InChI=1S/C20H28N4O2S2/c1-5-24-13(3)15(11-21-24)12(2)22-20(27)23-18-17(19(25)26-4)14-9-7-6-8-10-16(14)28-18/h11-12H,5-10H2,1-4H3,(H2,22,23,27). The molecule has 2 aromatic rings. The Labute approximate surface area is 175 Å². The normalized spacial score (nSPS) is 14.7. The molecule has 2 aromatic heterocycles. The minimum Gasteiger partial charge on any atom is -0.465 e. The summed E-state index contributed by atoms with van der Waals surface area (Å²) in [6.45, 7) is 7.03. The molecule has 3 rings (SSSR count). The number of aryl methyl sites for hydroxylation is 2. The molecule has 0 fully saturated rings. The molecule has 1 atom stereocenters. The van der Waals surface area contributed by atoms with E-state index in [4.69, 9.17) is 17.0 Å². The van der Waals surface area contributed by atoms with E-state index < -0.39 is 0 Å². The lowest BCUT2D eigenvalue weighted by molar-refractivity contribution is 0.0601. The molecule has 6 nitrogen and oxygen atoms in total. The number of fused-ring (bicyclic) bond motifs is 1. The van der Waals surface area contributed by atoms with Gasteiger partial charge in [-0.15, -0.1) is 11.3 Å². The molecule has 0 spiro atoms. The van der Waals surface area contributed by atoms with Crippen LogP contribution in [0.5, 0.6) is 0 Å². The number of nitrogens with zero attached hydrogens (tertiary/aromatic N) is 2. The Morgan fingerprint density at radius 3 is 2.82 bits per heavy atom. The molecule has 152 valence electrons. The average Bonchev–Trinajstić information content (AvgIpc) is 3.12. The van der Waals surface area contributed by atoms with Gasteiger partial charge >= 0.3 is 5.97 Å². The fraction of sp³-hybridized carbons (Fsp3) is 0.550. The maximum absolute atomic E-state index is 12.5. The lowest BCUT2D eigenvalue weighted by Gasteiger charge is -2.17. The second-order valence-corrected chi connectivity index (χ2v) is 8.59. The topological polar surface area (TPSA) is 68.2 Å². The summed E-state index contributed by atoms with van der Waals surface area (Å²) in [6, 6.07) is 0.0136. The quantitative estimate of drug-likeness (QED) is 0.425. The van der Waals surface area contributed by atoms with E-state index >= 15 is 0 Å². The van der Waals surface area contributed by atoms with Crippen LogP contribution in [0.3, 0.4) is 0 Å². The van der Waals surface area contributed by atoms with Crippen molar-refractivity contribution in [3.8, 4) is 0 Å². The molecule has 1 unspecified atom stereocenters. The van der Waals surface area contributed by atoms with Gasteiger partial charge in [0.25, 0.3) is 0 Å². The molecule has 0 aromatic carbocycles. The highest BCUT2D eigenvalue weighted by molar-refractivity contribution is 7.80. The summed E-state index contributed by atoms with van der Waals surface area (Å²) in [7, 11) is 1.43. The molecule has 2 N–H and O–H groups in total. The molecular formula is C20H28N4O2S2. The first kappa shape index (κ1) is 20.8. The number of hydrogen-bond donors (Lipinski definition) is 2. The summed E-state index contributed by atoms with van der Waals surface area (Å²) < 4.78 is 7.03. The van der Waals surface area contributed by atoms with E-state index in [-0.39, 0.29) is 12.0 Å². The van der Waals surface area contributed by atoms with Crippen LogP contribution in [0.1, 0.15) is 71.2 Å². The molecule has 1 aliphatic rings. The van der Waals surface area contributed by atoms with Gasteiger partial charge in [-0.25, -0.2) is 4.79 Å². The van der Waals surface area contributed by atoms with Gasteiger partial charge < -0.3 is 15.4 Å². The molecular weight excluding hydrogens is 392 g/mol. The van der Waals surface area contributed by atoms with Gasteiger partial charge in [-0.1, -0.05) is 6.42 Å². The van der Waals surface area contributed by atoms with E-state index in [0.717, 1.165) is 54.0 Å². The van der Waals surface area contributed by atoms with Crippen molar-refractivity contribution in [2.24, 2.45) is 0 Å². The van der Waals surface area contributed by atoms with Gasteiger partial charge in [0, 0.05) is 22.7 Å². The maximum atomic E-state index is 12.5. The van der Waals surface area contributed by atoms with Gasteiger partial charge in [0.2, 0.25) is 0 Å². The van der Waals surface area contributed by atoms with Crippen molar-refractivity contribution in [3.05, 3.63) is 33.5 Å². The SMILES string of the molecule is CCn1ncc(C(C)NC(=S)Nc2sc3c(c2C(=O)OC)CCCCC3)c1C. The van der Waals surface area contributed by atoms with Crippen molar-refractivity contribution in [2.45, 2.75) is 65.5 Å². The van der Waals surface area contributed by atoms with Crippen LogP contribution in [0.25, 0.3) is 0 Å². The van der Waals surface area contributed by atoms with Crippen LogP contribution in [0, 0.1) is 6.92 Å². The summed E-state index contributed by atoms with van der Waals surface area (Å²) in [5, 5.41) is 12.3. The number of anilines is 1. The predicted octanol–water partition coefficient (Wildman–Crippen LogP) is 4.38. The number of esters is 1. The number of aromatic nitrogens is 2. The molecule has 0 saturated heterocycles. The molecule has 2 heterocycles. The van der Waals surface area contributed by atoms with Crippen LogP contribution in [0.2, 0.25) is 0 Å². The number of ether oxygens (including phenoxy) is 1. The van der Waals surface area contributed by atoms with Crippen molar-refractivity contribution < 1.29 is 9.53 Å². The fourth-order valence-corrected chi connectivity index (χ4v) is 5.39. The van der Waals surface area contributed by atoms with Crippen molar-refractivity contribution >= 4 is 39.6 Å². The largest absolute Gasteiger partial charge is 0.465 e. The van der Waals surface area contributed by atoms with Crippen LogP contribution in [-0.4, -0.2) is 28.0 Å². The van der Waals surface area contributed by atoms with Gasteiger partial charge in [-0.3, -0.25) is 4.68 Å². The summed E-state index contributed by atoms with van der Waals surface area (Å²) >= 11 is 7.17. The van der Waals surface area contributed by atoms with Crippen LogP contribution < -0.4 is 10.6 Å². The number of carbonyl (C=O) groups is 1. The van der Waals surface area contributed by atoms with Crippen LogP contribution in [0.15, 0.2) is 6.20 Å². The number of carbonyl (C=O) groups excluding carboxylic acids is 1. The second kappa shape index (κ2) is 9.05. The number of rotatable bonds is 5. The number of thiocarbonyl (C=S) groups is 1. The summed E-state index contributed by atoms with van der Waals surface area (Å²) in [5.74, 6) is -0.294. The summed E-state index contributed by atoms with van der Waals surface area (Å²) in [6.07, 6.45) is 7.28. The van der Waals surface area contributed by atoms with Crippen LogP contribution in [-0.2, 0) is 24.1 Å². The Balaban J connectivity index is 1.78. The Bertz CT molecular complexity index is 872. The lowest BCUT2D eigenvalue weighted by Crippen LogP contribution is -2.31. The first-order valence-corrected chi connectivity index (χ1v) is 11.0. The minimum absolute atomic E-state index is 0.0136. The van der Waals surface area contributed by atoms with Crippen molar-refractivity contribution in [3.63, 3.8) is 0 Å². The Morgan fingerprint density at radius 1 is 1.39 bits per heavy atom. The summed E-state index contributed by atoms with van der Waals surface area (Å²) in [5.41, 5.74) is 4.02. The van der Waals surface area contributed by atoms with Gasteiger partial charge in [0.15, 0.2) is 5.11 Å². The third-order valence-corrected chi connectivity index (χ3v) is 6.72. The van der Waals surface area contributed by atoms with E-state index in [1.807, 2.05) is 10.9 Å². The highest BCUT2D eigenvalue weighted by Gasteiger charge is 2.26. The first-order valence-electron chi connectivity index (χ1n) is 9.78. The van der Waals surface area contributed by atoms with Gasteiger partial charge in [-0.2, -0.15) is 5.10 Å². The Kier molecular flexibility index (Phi) is 6.72.